The van der Waals surface area contributed by atoms with Crippen LogP contribution in [0.15, 0.2) is 18.3 Å². The molecule has 134 valence electrons. The first-order valence-corrected chi connectivity index (χ1v) is 7.86. The molecule has 1 atom stereocenters. The van der Waals surface area contributed by atoms with E-state index in [2.05, 4.69) is 4.98 Å². The minimum atomic E-state index is -4.63. The number of rotatable bonds is 4. The van der Waals surface area contributed by atoms with Gasteiger partial charge >= 0.3 is 6.18 Å². The van der Waals surface area contributed by atoms with Gasteiger partial charge in [0.1, 0.15) is 0 Å². The topological polar surface area (TPSA) is 62.7 Å². The van der Waals surface area contributed by atoms with E-state index in [1.54, 1.807) is 12.1 Å². The van der Waals surface area contributed by atoms with E-state index in [0.717, 1.165) is 0 Å². The van der Waals surface area contributed by atoms with Crippen molar-refractivity contribution in [3.63, 3.8) is 0 Å². The molecule has 1 fully saturated rings. The van der Waals surface area contributed by atoms with Crippen molar-refractivity contribution < 1.29 is 27.8 Å². The Morgan fingerprint density at radius 1 is 1.38 bits per heavy atom. The highest BCUT2D eigenvalue weighted by atomic mass is 19.4. The van der Waals surface area contributed by atoms with E-state index in [-0.39, 0.29) is 43.6 Å². The molecule has 2 heterocycles. The summed E-state index contributed by atoms with van der Waals surface area (Å²) in [6.07, 6.45) is -5.44. The molecule has 0 aliphatic carbocycles. The fraction of sp³-hybridized carbons (Fsp3) is 0.625. The number of nitrogens with zero attached hydrogens (tertiary/aromatic N) is 2. The zero-order chi connectivity index (χ0) is 17.9. The maximum atomic E-state index is 12.6. The average molecular weight is 346 g/mol. The van der Waals surface area contributed by atoms with E-state index in [9.17, 15) is 23.1 Å². The third-order valence-electron chi connectivity index (χ3n) is 3.94. The third-order valence-corrected chi connectivity index (χ3v) is 3.94. The lowest BCUT2D eigenvalue weighted by Crippen LogP contribution is -2.45. The predicted octanol–water partition coefficient (Wildman–Crippen LogP) is 2.64. The number of alkyl halides is 3. The molecule has 1 N–H and O–H groups in total. The quantitative estimate of drug-likeness (QED) is 0.910. The highest BCUT2D eigenvalue weighted by Gasteiger charge is 2.44. The molecule has 1 aliphatic heterocycles. The van der Waals surface area contributed by atoms with Gasteiger partial charge in [-0.25, -0.2) is 4.98 Å². The van der Waals surface area contributed by atoms with E-state index < -0.39 is 18.2 Å². The molecule has 2 rings (SSSR count). The molecule has 8 heteroatoms. The minimum Gasteiger partial charge on any atom is -0.489 e. The standard InChI is InChI=1S/C16H21F3N2O3/c1-10(2)24-12-4-3-7-20-13(12)15(23)21-8-5-11(6-9-21)14(22)16(17,18)19/h3-4,7,10-11,14,22H,5-6,8-9H2,1-2H3. The van der Waals surface area contributed by atoms with Crippen LogP contribution in [0, 0.1) is 5.92 Å². The van der Waals surface area contributed by atoms with Crippen molar-refractivity contribution in [2.24, 2.45) is 5.92 Å². The Labute approximate surface area is 138 Å². The summed E-state index contributed by atoms with van der Waals surface area (Å²) in [5.41, 5.74) is 0.154. The largest absolute Gasteiger partial charge is 0.489 e. The van der Waals surface area contributed by atoms with Crippen LogP contribution in [0.5, 0.6) is 5.75 Å². The molecule has 1 unspecified atom stereocenters. The maximum Gasteiger partial charge on any atom is 0.414 e. The third kappa shape index (κ3) is 4.37. The van der Waals surface area contributed by atoms with Crippen molar-refractivity contribution in [1.82, 2.24) is 9.88 Å². The molecule has 1 aromatic rings. The second kappa shape index (κ2) is 7.38. The number of halogens is 3. The summed E-state index contributed by atoms with van der Waals surface area (Å²) in [6.45, 7) is 3.94. The van der Waals surface area contributed by atoms with Crippen molar-refractivity contribution >= 4 is 5.91 Å². The number of hydrogen-bond acceptors (Lipinski definition) is 4. The molecule has 0 radical (unpaired) electrons. The number of hydrogen-bond donors (Lipinski definition) is 1. The molecule has 0 spiro atoms. The Kier molecular flexibility index (Phi) is 5.69. The van der Waals surface area contributed by atoms with Crippen LogP contribution in [0.1, 0.15) is 37.2 Å². The summed E-state index contributed by atoms with van der Waals surface area (Å²) in [4.78, 5) is 18.1. The van der Waals surface area contributed by atoms with E-state index in [0.29, 0.717) is 5.75 Å². The Hall–Kier alpha value is -1.83. The lowest BCUT2D eigenvalue weighted by atomic mass is 9.90. The first kappa shape index (κ1) is 18.5. The van der Waals surface area contributed by atoms with Crippen molar-refractivity contribution in [2.75, 3.05) is 13.1 Å². The van der Waals surface area contributed by atoms with Gasteiger partial charge in [-0.2, -0.15) is 13.2 Å². The molecule has 1 amide bonds. The van der Waals surface area contributed by atoms with Crippen LogP contribution in [-0.4, -0.2) is 52.4 Å². The van der Waals surface area contributed by atoms with Crippen LogP contribution in [0.25, 0.3) is 0 Å². The van der Waals surface area contributed by atoms with E-state index in [1.807, 2.05) is 13.8 Å². The number of aliphatic hydroxyl groups is 1. The van der Waals surface area contributed by atoms with Gasteiger partial charge in [0.05, 0.1) is 6.10 Å². The van der Waals surface area contributed by atoms with Crippen molar-refractivity contribution in [3.8, 4) is 5.75 Å². The SMILES string of the molecule is CC(C)Oc1cccnc1C(=O)N1CCC(C(O)C(F)(F)F)CC1. The summed E-state index contributed by atoms with van der Waals surface area (Å²) in [6, 6.07) is 3.29. The second-order valence-corrected chi connectivity index (χ2v) is 6.13. The van der Waals surface area contributed by atoms with Crippen molar-refractivity contribution in [1.29, 1.82) is 0 Å². The monoisotopic (exact) mass is 346 g/mol. The molecule has 0 saturated carbocycles. The number of piperidine rings is 1. The summed E-state index contributed by atoms with van der Waals surface area (Å²) in [5.74, 6) is -0.898. The zero-order valence-electron chi connectivity index (χ0n) is 13.6. The summed E-state index contributed by atoms with van der Waals surface area (Å²) < 4.78 is 43.3. The smallest absolute Gasteiger partial charge is 0.414 e. The van der Waals surface area contributed by atoms with Gasteiger partial charge in [-0.3, -0.25) is 4.79 Å². The lowest BCUT2D eigenvalue weighted by molar-refractivity contribution is -0.222. The summed E-state index contributed by atoms with van der Waals surface area (Å²) in [5, 5.41) is 9.33. The minimum absolute atomic E-state index is 0.0968. The van der Waals surface area contributed by atoms with Gasteiger partial charge in [0.15, 0.2) is 17.5 Å². The van der Waals surface area contributed by atoms with Crippen molar-refractivity contribution in [2.45, 2.75) is 45.1 Å². The van der Waals surface area contributed by atoms with Crippen molar-refractivity contribution in [3.05, 3.63) is 24.0 Å². The van der Waals surface area contributed by atoms with E-state index >= 15 is 0 Å². The van der Waals surface area contributed by atoms with E-state index in [1.165, 1.54) is 11.1 Å². The fourth-order valence-corrected chi connectivity index (χ4v) is 2.74. The number of pyridine rings is 1. The maximum absolute atomic E-state index is 12.6. The Balaban J connectivity index is 2.03. The number of aromatic nitrogens is 1. The van der Waals surface area contributed by atoms with Gasteiger partial charge in [-0.1, -0.05) is 0 Å². The Bertz CT molecular complexity index is 570. The first-order valence-electron chi connectivity index (χ1n) is 7.86. The van der Waals surface area contributed by atoms with Gasteiger partial charge in [-0.15, -0.1) is 0 Å². The fourth-order valence-electron chi connectivity index (χ4n) is 2.74. The van der Waals surface area contributed by atoms with Gasteiger partial charge in [-0.05, 0) is 44.7 Å². The summed E-state index contributed by atoms with van der Waals surface area (Å²) >= 11 is 0. The molecule has 0 bridgehead atoms. The lowest BCUT2D eigenvalue weighted by Gasteiger charge is -2.34. The molecule has 1 saturated heterocycles. The predicted molar refractivity (Wildman–Crippen MR) is 80.7 cm³/mol. The van der Waals surface area contributed by atoms with Crippen LogP contribution < -0.4 is 4.74 Å². The molecule has 24 heavy (non-hydrogen) atoms. The summed E-state index contributed by atoms with van der Waals surface area (Å²) in [7, 11) is 0. The van der Waals surface area contributed by atoms with Crippen LogP contribution in [-0.2, 0) is 0 Å². The highest BCUT2D eigenvalue weighted by molar-refractivity contribution is 5.95. The van der Waals surface area contributed by atoms with Crippen LogP contribution >= 0.6 is 0 Å². The number of aliphatic hydroxyl groups excluding tert-OH is 1. The molecular weight excluding hydrogens is 325 g/mol. The normalized spacial score (nSPS) is 17.9. The Morgan fingerprint density at radius 3 is 2.54 bits per heavy atom. The van der Waals surface area contributed by atoms with Crippen LogP contribution in [0.2, 0.25) is 0 Å². The van der Waals surface area contributed by atoms with Gasteiger partial charge in [0.25, 0.3) is 5.91 Å². The number of likely N-dealkylation sites (tertiary alicyclic amines) is 1. The van der Waals surface area contributed by atoms with Gasteiger partial charge in [0.2, 0.25) is 0 Å². The molecule has 1 aromatic heterocycles. The highest BCUT2D eigenvalue weighted by Crippen LogP contribution is 2.32. The molecular formula is C16H21F3N2O3. The number of carbonyl (C=O) groups is 1. The molecule has 5 nitrogen and oxygen atoms in total. The first-order chi connectivity index (χ1) is 11.2. The van der Waals surface area contributed by atoms with Gasteiger partial charge < -0.3 is 14.7 Å². The number of carbonyl (C=O) groups excluding carboxylic acids is 1. The van der Waals surface area contributed by atoms with Crippen LogP contribution in [0.3, 0.4) is 0 Å². The number of amides is 1. The van der Waals surface area contributed by atoms with Gasteiger partial charge in [0, 0.05) is 19.3 Å². The van der Waals surface area contributed by atoms with Crippen LogP contribution in [0.4, 0.5) is 13.2 Å². The zero-order valence-corrected chi connectivity index (χ0v) is 13.6. The average Bonchev–Trinajstić information content (AvgIpc) is 2.53. The van der Waals surface area contributed by atoms with E-state index in [4.69, 9.17) is 4.74 Å². The Morgan fingerprint density at radius 2 is 2.00 bits per heavy atom. The second-order valence-electron chi connectivity index (χ2n) is 6.13. The molecule has 0 aromatic carbocycles. The number of ether oxygens (including phenoxy) is 1. The molecule has 1 aliphatic rings.